The van der Waals surface area contributed by atoms with Gasteiger partial charge in [0, 0.05) is 11.1 Å². The summed E-state index contributed by atoms with van der Waals surface area (Å²) in [5.74, 6) is 1.70. The molecule has 3 aromatic carbocycles. The summed E-state index contributed by atoms with van der Waals surface area (Å²) in [5, 5.41) is 15.4. The van der Waals surface area contributed by atoms with Crippen LogP contribution in [0.15, 0.2) is 64.5 Å². The lowest BCUT2D eigenvalue weighted by Crippen LogP contribution is -2.21. The van der Waals surface area contributed by atoms with E-state index in [1.165, 1.54) is 18.0 Å². The number of ether oxygens (including phenoxy) is 2. The average Bonchev–Trinajstić information content (AvgIpc) is 2.84. The van der Waals surface area contributed by atoms with Gasteiger partial charge in [0.1, 0.15) is 5.75 Å². The number of rotatable bonds is 7. The summed E-state index contributed by atoms with van der Waals surface area (Å²) in [6.45, 7) is 8.68. The highest BCUT2D eigenvalue weighted by molar-refractivity contribution is 5.85. The molecule has 4 rings (SSSR count). The molecule has 4 aromatic rings. The van der Waals surface area contributed by atoms with Crippen LogP contribution in [0.1, 0.15) is 43.4 Å². The number of aromatic nitrogens is 2. The lowest BCUT2D eigenvalue weighted by atomic mass is 9.96. The van der Waals surface area contributed by atoms with E-state index < -0.39 is 0 Å². The van der Waals surface area contributed by atoms with E-state index in [-0.39, 0.29) is 17.2 Å². The highest BCUT2D eigenvalue weighted by Crippen LogP contribution is 2.34. The summed E-state index contributed by atoms with van der Waals surface area (Å²) in [5.41, 5.74) is 3.42. The predicted molar refractivity (Wildman–Crippen MR) is 139 cm³/mol. The zero-order chi connectivity index (χ0) is 25.1. The Morgan fingerprint density at radius 3 is 2.60 bits per heavy atom. The quantitative estimate of drug-likeness (QED) is 0.360. The number of benzene rings is 3. The maximum absolute atomic E-state index is 13.5. The van der Waals surface area contributed by atoms with Gasteiger partial charge >= 0.3 is 0 Å². The summed E-state index contributed by atoms with van der Waals surface area (Å²) in [4.78, 5) is 18.4. The van der Waals surface area contributed by atoms with Gasteiger partial charge in [-0.2, -0.15) is 9.78 Å². The van der Waals surface area contributed by atoms with E-state index in [4.69, 9.17) is 14.5 Å². The van der Waals surface area contributed by atoms with Gasteiger partial charge in [-0.15, -0.1) is 0 Å². The topological polar surface area (TPSA) is 85.9 Å². The van der Waals surface area contributed by atoms with Gasteiger partial charge in [-0.3, -0.25) is 4.79 Å². The van der Waals surface area contributed by atoms with Crippen LogP contribution in [0.5, 0.6) is 17.2 Å². The molecule has 0 saturated heterocycles. The molecule has 0 aliphatic rings. The Morgan fingerprint density at radius 2 is 1.89 bits per heavy atom. The third-order valence-corrected chi connectivity index (χ3v) is 5.84. The lowest BCUT2D eigenvalue weighted by molar-refractivity contribution is 0.335. The first-order chi connectivity index (χ1) is 16.8. The van der Waals surface area contributed by atoms with E-state index in [1.807, 2.05) is 38.1 Å². The van der Waals surface area contributed by atoms with Crippen molar-refractivity contribution in [1.29, 1.82) is 0 Å². The molecule has 1 aromatic heterocycles. The zero-order valence-corrected chi connectivity index (χ0v) is 20.6. The van der Waals surface area contributed by atoms with Gasteiger partial charge < -0.3 is 14.6 Å². The molecule has 0 radical (unpaired) electrons. The Bertz CT molecular complexity index is 1470. The lowest BCUT2D eigenvalue weighted by Gasteiger charge is -2.18. The molecule has 1 heterocycles. The number of fused-ring (bicyclic) bond motifs is 1. The number of phenolic OH excluding ortho intramolecular Hbond substituents is 1. The molecule has 7 nitrogen and oxygen atoms in total. The minimum absolute atomic E-state index is 0.0542. The first-order valence-corrected chi connectivity index (χ1v) is 11.6. The Morgan fingerprint density at radius 1 is 1.11 bits per heavy atom. The molecule has 0 atom stereocenters. The van der Waals surface area contributed by atoms with E-state index in [0.29, 0.717) is 34.6 Å². The zero-order valence-electron chi connectivity index (χ0n) is 20.6. The molecule has 0 amide bonds. The van der Waals surface area contributed by atoms with Crippen molar-refractivity contribution in [1.82, 2.24) is 9.66 Å². The smallest absolute Gasteiger partial charge is 0.282 e. The van der Waals surface area contributed by atoms with Gasteiger partial charge in [-0.1, -0.05) is 32.0 Å². The van der Waals surface area contributed by atoms with Crippen molar-refractivity contribution in [3.05, 3.63) is 81.6 Å². The van der Waals surface area contributed by atoms with Gasteiger partial charge in [-0.05, 0) is 67.3 Å². The Hall–Kier alpha value is -4.13. The highest BCUT2D eigenvalue weighted by atomic mass is 16.5. The molecule has 0 aliphatic heterocycles. The monoisotopic (exact) mass is 471 g/mol. The minimum atomic E-state index is -0.302. The fourth-order valence-electron chi connectivity index (χ4n) is 4.00. The first kappa shape index (κ1) is 24.0. The molecule has 0 aliphatic carbocycles. The van der Waals surface area contributed by atoms with Crippen molar-refractivity contribution in [2.24, 2.45) is 5.10 Å². The fourth-order valence-corrected chi connectivity index (χ4v) is 4.00. The molecule has 0 fully saturated rings. The summed E-state index contributed by atoms with van der Waals surface area (Å²) in [7, 11) is 1.48. The molecule has 35 heavy (non-hydrogen) atoms. The van der Waals surface area contributed by atoms with Crippen LogP contribution in [0.4, 0.5) is 0 Å². The van der Waals surface area contributed by atoms with Gasteiger partial charge in [0.05, 0.1) is 30.8 Å². The van der Waals surface area contributed by atoms with Crippen LogP contribution in [0, 0.1) is 6.92 Å². The molecule has 1 N–H and O–H groups in total. The van der Waals surface area contributed by atoms with Crippen LogP contribution in [-0.4, -0.2) is 34.7 Å². The number of hydrogen-bond donors (Lipinski definition) is 1. The van der Waals surface area contributed by atoms with E-state index in [1.54, 1.807) is 30.3 Å². The third kappa shape index (κ3) is 4.62. The molecular formula is C28H29N3O4. The average molecular weight is 472 g/mol. The van der Waals surface area contributed by atoms with Crippen LogP contribution in [0.3, 0.4) is 0 Å². The van der Waals surface area contributed by atoms with Crippen molar-refractivity contribution >= 4 is 17.1 Å². The van der Waals surface area contributed by atoms with Gasteiger partial charge in [0.2, 0.25) is 0 Å². The summed E-state index contributed by atoms with van der Waals surface area (Å²) in [6, 6.07) is 16.3. The van der Waals surface area contributed by atoms with E-state index in [0.717, 1.165) is 22.4 Å². The molecule has 7 heteroatoms. The van der Waals surface area contributed by atoms with E-state index in [2.05, 4.69) is 18.9 Å². The maximum Gasteiger partial charge on any atom is 0.282 e. The second kappa shape index (κ2) is 10.0. The fraction of sp³-hybridized carbons (Fsp3) is 0.250. The van der Waals surface area contributed by atoms with Gasteiger partial charge in [0.15, 0.2) is 17.3 Å². The van der Waals surface area contributed by atoms with E-state index >= 15 is 0 Å². The van der Waals surface area contributed by atoms with Crippen molar-refractivity contribution < 1.29 is 14.6 Å². The summed E-state index contributed by atoms with van der Waals surface area (Å²) >= 11 is 0. The number of methoxy groups -OCH3 is 1. The molecule has 180 valence electrons. The number of aryl methyl sites for hydroxylation is 1. The number of para-hydroxylation sites is 2. The highest BCUT2D eigenvalue weighted by Gasteiger charge is 2.18. The standard InChI is InChI=1S/C28H29N3O4/c1-6-35-25-14-18(4)22(15-21(25)17(2)3)27-30-23-12-8-7-11-20(23)28(33)31(27)29-16-19-10-9-13-24(34-5)26(19)32/h7-17,32H,6H2,1-5H3. The number of aromatic hydroxyl groups is 1. The number of phenols is 1. The molecule has 0 saturated carbocycles. The molecule has 0 unspecified atom stereocenters. The maximum atomic E-state index is 13.5. The van der Waals surface area contributed by atoms with Gasteiger partial charge in [-0.25, -0.2) is 4.98 Å². The molecule has 0 spiro atoms. The SMILES string of the molecule is CCOc1cc(C)c(-c2nc3ccccc3c(=O)n2N=Cc2cccc(OC)c2O)cc1C(C)C. The second-order valence-corrected chi connectivity index (χ2v) is 8.50. The normalized spacial score (nSPS) is 11.5. The Kier molecular flexibility index (Phi) is 6.87. The van der Waals surface area contributed by atoms with Crippen LogP contribution in [-0.2, 0) is 0 Å². The van der Waals surface area contributed by atoms with Crippen LogP contribution >= 0.6 is 0 Å². The molecule has 0 bridgehead atoms. The van der Waals surface area contributed by atoms with Crippen molar-refractivity contribution in [3.8, 4) is 28.6 Å². The predicted octanol–water partition coefficient (Wildman–Crippen LogP) is 5.49. The second-order valence-electron chi connectivity index (χ2n) is 8.50. The van der Waals surface area contributed by atoms with Crippen LogP contribution in [0.25, 0.3) is 22.3 Å². The summed E-state index contributed by atoms with van der Waals surface area (Å²) in [6.07, 6.45) is 1.44. The van der Waals surface area contributed by atoms with Crippen LogP contribution < -0.4 is 15.0 Å². The molecular weight excluding hydrogens is 442 g/mol. The minimum Gasteiger partial charge on any atom is -0.504 e. The summed E-state index contributed by atoms with van der Waals surface area (Å²) < 4.78 is 12.4. The van der Waals surface area contributed by atoms with Crippen LogP contribution in [0.2, 0.25) is 0 Å². The largest absolute Gasteiger partial charge is 0.504 e. The third-order valence-electron chi connectivity index (χ3n) is 5.84. The van der Waals surface area contributed by atoms with Crippen molar-refractivity contribution in [3.63, 3.8) is 0 Å². The Balaban J connectivity index is 1.98. The van der Waals surface area contributed by atoms with E-state index in [9.17, 15) is 9.90 Å². The number of nitrogens with zero attached hydrogens (tertiary/aromatic N) is 3. The van der Waals surface area contributed by atoms with Gasteiger partial charge in [0.25, 0.3) is 5.56 Å². The van der Waals surface area contributed by atoms with Crippen molar-refractivity contribution in [2.45, 2.75) is 33.6 Å². The Labute approximate surface area is 204 Å². The van der Waals surface area contributed by atoms with Crippen molar-refractivity contribution in [2.75, 3.05) is 13.7 Å². The first-order valence-electron chi connectivity index (χ1n) is 11.6. The number of hydrogen-bond acceptors (Lipinski definition) is 6.